The molecule has 0 bridgehead atoms. The summed E-state index contributed by atoms with van der Waals surface area (Å²) in [5.41, 5.74) is 2.37. The highest BCUT2D eigenvalue weighted by Gasteiger charge is 2.73. The first-order chi connectivity index (χ1) is 23.2. The minimum atomic E-state index is -0.956. The number of carbonyl (C=O) groups is 4. The van der Waals surface area contributed by atoms with Crippen LogP contribution in [0.4, 0.5) is 11.4 Å². The number of amides is 4. The third kappa shape index (κ3) is 4.50. The molecule has 12 heteroatoms. The summed E-state index contributed by atoms with van der Waals surface area (Å²) >= 11 is 7.02. The van der Waals surface area contributed by atoms with Crippen LogP contribution in [0.3, 0.4) is 0 Å². The van der Waals surface area contributed by atoms with Gasteiger partial charge in [0.1, 0.15) is 23.6 Å². The van der Waals surface area contributed by atoms with Gasteiger partial charge in [-0.3, -0.25) is 19.2 Å². The molecule has 4 fully saturated rings. The maximum Gasteiger partial charge on any atom is 0.253 e. The third-order valence-corrected chi connectivity index (χ3v) is 10.9. The van der Waals surface area contributed by atoms with Crippen molar-refractivity contribution in [3.05, 3.63) is 117 Å². The van der Waals surface area contributed by atoms with Crippen molar-refractivity contribution in [3.8, 4) is 11.5 Å². The Morgan fingerprint density at radius 2 is 0.792 bits per heavy atom. The number of carbonyl (C=O) groups excluding carboxylic acids is 4. The Balaban J connectivity index is 1.30. The number of imide groups is 2. The molecule has 0 aliphatic carbocycles. The average molecular weight is 772 g/mol. The first kappa shape index (κ1) is 30.9. The van der Waals surface area contributed by atoms with Gasteiger partial charge in [-0.2, -0.15) is 0 Å². The van der Waals surface area contributed by atoms with Crippen LogP contribution in [0.25, 0.3) is 0 Å². The van der Waals surface area contributed by atoms with E-state index in [0.717, 1.165) is 20.1 Å². The zero-order valence-electron chi connectivity index (χ0n) is 25.7. The maximum atomic E-state index is 14.6. The molecule has 8 rings (SSSR count). The highest BCUT2D eigenvalue weighted by Crippen LogP contribution is 2.59. The molecule has 6 unspecified atom stereocenters. The van der Waals surface area contributed by atoms with Crippen molar-refractivity contribution in [2.24, 2.45) is 11.8 Å². The Kier molecular flexibility index (Phi) is 7.51. The van der Waals surface area contributed by atoms with Crippen LogP contribution in [0.15, 0.2) is 106 Å². The van der Waals surface area contributed by atoms with Crippen molar-refractivity contribution >= 4 is 66.9 Å². The van der Waals surface area contributed by atoms with Gasteiger partial charge in [0.05, 0.1) is 49.5 Å². The molecule has 6 atom stereocenters. The second-order valence-electron chi connectivity index (χ2n) is 12.1. The van der Waals surface area contributed by atoms with E-state index in [1.807, 2.05) is 58.5 Å². The lowest BCUT2D eigenvalue weighted by molar-refractivity contribution is -0.136. The summed E-state index contributed by atoms with van der Waals surface area (Å²) in [5.74, 6) is -2.06. The second kappa shape index (κ2) is 11.7. The highest BCUT2D eigenvalue weighted by molar-refractivity contribution is 9.10. The average Bonchev–Trinajstić information content (AvgIpc) is 3.77. The molecule has 10 nitrogen and oxygen atoms in total. The number of fused-ring (bicyclic) bond motifs is 5. The van der Waals surface area contributed by atoms with Gasteiger partial charge in [0, 0.05) is 8.95 Å². The smallest absolute Gasteiger partial charge is 0.253 e. The van der Waals surface area contributed by atoms with Crippen LogP contribution >= 0.6 is 31.9 Å². The first-order valence-corrected chi connectivity index (χ1v) is 16.9. The van der Waals surface area contributed by atoms with Gasteiger partial charge >= 0.3 is 0 Å². The predicted molar refractivity (Wildman–Crippen MR) is 183 cm³/mol. The molecule has 4 aliphatic heterocycles. The molecule has 4 heterocycles. The van der Waals surface area contributed by atoms with Gasteiger partial charge in [0.2, 0.25) is 11.8 Å². The maximum absolute atomic E-state index is 14.6. The van der Waals surface area contributed by atoms with Crippen LogP contribution in [0, 0.1) is 11.8 Å². The summed E-state index contributed by atoms with van der Waals surface area (Å²) in [5, 5.41) is 3.72. The van der Waals surface area contributed by atoms with E-state index in [1.165, 1.54) is 9.80 Å². The molecule has 48 heavy (non-hydrogen) atoms. The van der Waals surface area contributed by atoms with Gasteiger partial charge in [-0.15, -0.1) is 0 Å². The Morgan fingerprint density at radius 3 is 1.10 bits per heavy atom. The van der Waals surface area contributed by atoms with Gasteiger partial charge in [0.25, 0.3) is 11.8 Å². The molecule has 0 N–H and O–H groups in total. The van der Waals surface area contributed by atoms with E-state index < -0.39 is 47.8 Å². The topological polar surface area (TPSA) is 99.7 Å². The standard InChI is InChI=1S/C36H28Br2N4O6/c1-47-25-15-11-23(12-16-25)39-33(43)27-29(19-3-7-21(37)8-4-19)42-32-28(34(44)40(36(32)46)24-13-17-26(48-2)18-14-24)30(41(42)31(27)35(39)45)20-5-9-22(38)10-6-20/h3-18,27-32H,1-2H3. The molecular formula is C36H28Br2N4O6. The van der Waals surface area contributed by atoms with Gasteiger partial charge in [0.15, 0.2) is 0 Å². The number of ether oxygens (including phenoxy) is 2. The first-order valence-electron chi connectivity index (χ1n) is 15.3. The van der Waals surface area contributed by atoms with E-state index in [1.54, 1.807) is 62.8 Å². The molecule has 0 spiro atoms. The SMILES string of the molecule is COc1ccc(N2C(=O)C3C(C2=O)N2C(c4ccc(Br)cc4)C4C(=O)N(c5ccc(OC)cc5)C(=O)C4N2C3c2ccc(Br)cc2)cc1. The molecule has 4 aromatic rings. The Hall–Kier alpha value is -4.36. The van der Waals surface area contributed by atoms with Crippen LogP contribution in [-0.2, 0) is 19.2 Å². The number of methoxy groups -OCH3 is 2. The van der Waals surface area contributed by atoms with Crippen LogP contribution in [0.1, 0.15) is 23.2 Å². The Morgan fingerprint density at radius 1 is 0.458 bits per heavy atom. The van der Waals surface area contributed by atoms with Gasteiger partial charge < -0.3 is 9.47 Å². The van der Waals surface area contributed by atoms with E-state index in [0.29, 0.717) is 22.9 Å². The molecule has 0 saturated carbocycles. The molecule has 4 aromatic carbocycles. The zero-order chi connectivity index (χ0) is 33.4. The molecule has 4 aliphatic rings. The van der Waals surface area contributed by atoms with Crippen molar-refractivity contribution < 1.29 is 28.7 Å². The van der Waals surface area contributed by atoms with Crippen LogP contribution in [0.5, 0.6) is 11.5 Å². The summed E-state index contributed by atoms with van der Waals surface area (Å²) in [4.78, 5) is 60.7. The van der Waals surface area contributed by atoms with Crippen molar-refractivity contribution in [2.75, 3.05) is 24.0 Å². The van der Waals surface area contributed by atoms with E-state index in [2.05, 4.69) is 31.9 Å². The number of hydrogen-bond donors (Lipinski definition) is 0. The van der Waals surface area contributed by atoms with E-state index >= 15 is 0 Å². The van der Waals surface area contributed by atoms with Gasteiger partial charge in [-0.25, -0.2) is 19.8 Å². The van der Waals surface area contributed by atoms with Gasteiger partial charge in [-0.05, 0) is 83.9 Å². The highest BCUT2D eigenvalue weighted by atomic mass is 79.9. The molecule has 0 radical (unpaired) electrons. The summed E-state index contributed by atoms with van der Waals surface area (Å²) in [7, 11) is 3.10. The van der Waals surface area contributed by atoms with Crippen LogP contribution < -0.4 is 19.3 Å². The lowest BCUT2D eigenvalue weighted by atomic mass is 9.84. The summed E-state index contributed by atoms with van der Waals surface area (Å²) in [6, 6.07) is 25.3. The lowest BCUT2D eigenvalue weighted by Gasteiger charge is -2.35. The van der Waals surface area contributed by atoms with E-state index in [4.69, 9.17) is 9.47 Å². The molecular weight excluding hydrogens is 744 g/mol. The third-order valence-electron chi connectivity index (χ3n) is 9.81. The fraction of sp³-hybridized carbons (Fsp3) is 0.222. The van der Waals surface area contributed by atoms with Crippen molar-refractivity contribution in [3.63, 3.8) is 0 Å². The lowest BCUT2D eigenvalue weighted by Crippen LogP contribution is -2.50. The summed E-state index contributed by atoms with van der Waals surface area (Å²) < 4.78 is 12.3. The van der Waals surface area contributed by atoms with Gasteiger partial charge in [-0.1, -0.05) is 56.1 Å². The van der Waals surface area contributed by atoms with E-state index in [9.17, 15) is 19.2 Å². The van der Waals surface area contributed by atoms with Crippen molar-refractivity contribution in [1.29, 1.82) is 0 Å². The molecule has 0 aromatic heterocycles. The monoisotopic (exact) mass is 770 g/mol. The summed E-state index contributed by atoms with van der Waals surface area (Å²) in [6.07, 6.45) is 0. The predicted octanol–water partition coefficient (Wildman–Crippen LogP) is 5.67. The van der Waals surface area contributed by atoms with Crippen LogP contribution in [0.2, 0.25) is 0 Å². The Labute approximate surface area is 293 Å². The van der Waals surface area contributed by atoms with Crippen molar-refractivity contribution in [2.45, 2.75) is 24.2 Å². The molecule has 4 amide bonds. The fourth-order valence-electron chi connectivity index (χ4n) is 7.79. The van der Waals surface area contributed by atoms with E-state index in [-0.39, 0.29) is 11.8 Å². The van der Waals surface area contributed by atoms with Crippen molar-refractivity contribution in [1.82, 2.24) is 10.0 Å². The number of benzene rings is 4. The number of hydrazine groups is 1. The molecule has 242 valence electrons. The number of halogens is 2. The minimum absolute atomic E-state index is 0.368. The molecule has 4 saturated heterocycles. The second-order valence-corrected chi connectivity index (χ2v) is 13.9. The quantitative estimate of drug-likeness (QED) is 0.231. The number of rotatable bonds is 6. The fourth-order valence-corrected chi connectivity index (χ4v) is 8.32. The number of hydrogen-bond acceptors (Lipinski definition) is 8. The van der Waals surface area contributed by atoms with Crippen LogP contribution in [-0.4, -0.2) is 59.9 Å². The minimum Gasteiger partial charge on any atom is -0.497 e. The number of nitrogens with zero attached hydrogens (tertiary/aromatic N) is 4. The zero-order valence-corrected chi connectivity index (χ0v) is 28.9. The normalized spacial score (nSPS) is 26.7. The Bertz CT molecular complexity index is 1810. The largest absolute Gasteiger partial charge is 0.497 e. The summed E-state index contributed by atoms with van der Waals surface area (Å²) in [6.45, 7) is 0. The number of anilines is 2.